The molecular formula is C16H26N2O. The van der Waals surface area contributed by atoms with Crippen LogP contribution in [0.1, 0.15) is 50.5 Å². The lowest BCUT2D eigenvalue weighted by molar-refractivity contribution is 0.163. The molecular weight excluding hydrogens is 236 g/mol. The van der Waals surface area contributed by atoms with Crippen LogP contribution in [0.25, 0.3) is 0 Å². The number of nitrogens with zero attached hydrogens (tertiary/aromatic N) is 1. The van der Waals surface area contributed by atoms with Gasteiger partial charge in [0.1, 0.15) is 11.5 Å². The fraction of sp³-hybridized carbons (Fsp3) is 0.750. The number of hydrogen-bond acceptors (Lipinski definition) is 3. The van der Waals surface area contributed by atoms with Crippen LogP contribution in [0.5, 0.6) is 0 Å². The van der Waals surface area contributed by atoms with Gasteiger partial charge in [-0.05, 0) is 56.8 Å². The molecule has 1 aromatic heterocycles. The van der Waals surface area contributed by atoms with Crippen LogP contribution in [0, 0.1) is 5.92 Å². The number of rotatable bonds is 6. The third kappa shape index (κ3) is 3.83. The molecule has 0 amide bonds. The molecule has 1 aliphatic heterocycles. The van der Waals surface area contributed by atoms with E-state index in [1.165, 1.54) is 45.2 Å². The average molecular weight is 262 g/mol. The molecule has 0 radical (unpaired) electrons. The van der Waals surface area contributed by atoms with Crippen LogP contribution in [0.2, 0.25) is 0 Å². The lowest BCUT2D eigenvalue weighted by atomic mass is 9.94. The van der Waals surface area contributed by atoms with Gasteiger partial charge in [0.2, 0.25) is 0 Å². The zero-order valence-corrected chi connectivity index (χ0v) is 12.0. The molecule has 3 nitrogen and oxygen atoms in total. The molecule has 1 saturated carbocycles. The molecule has 1 saturated heterocycles. The Morgan fingerprint density at radius 2 is 1.89 bits per heavy atom. The van der Waals surface area contributed by atoms with Crippen molar-refractivity contribution in [2.24, 2.45) is 5.92 Å². The Morgan fingerprint density at radius 3 is 2.58 bits per heavy atom. The highest BCUT2D eigenvalue weighted by molar-refractivity contribution is 5.07. The molecule has 2 fully saturated rings. The van der Waals surface area contributed by atoms with Crippen molar-refractivity contribution < 1.29 is 4.42 Å². The van der Waals surface area contributed by atoms with Crippen molar-refractivity contribution in [3.8, 4) is 0 Å². The van der Waals surface area contributed by atoms with Gasteiger partial charge in [0.25, 0.3) is 0 Å². The Bertz CT molecular complexity index is 389. The molecule has 0 spiro atoms. The quantitative estimate of drug-likeness (QED) is 0.853. The lowest BCUT2D eigenvalue weighted by Crippen LogP contribution is -2.32. The summed E-state index contributed by atoms with van der Waals surface area (Å²) in [7, 11) is 0. The Kier molecular flexibility index (Phi) is 4.24. The minimum atomic E-state index is 0.752. The molecule has 1 aliphatic carbocycles. The van der Waals surface area contributed by atoms with Crippen LogP contribution in [0.15, 0.2) is 16.5 Å². The van der Waals surface area contributed by atoms with Gasteiger partial charge in [-0.3, -0.25) is 4.90 Å². The third-order valence-corrected chi connectivity index (χ3v) is 4.52. The number of furan rings is 1. The maximum Gasteiger partial charge on any atom is 0.118 e. The number of likely N-dealkylation sites (tertiary alicyclic amines) is 1. The first kappa shape index (κ1) is 13.2. The summed E-state index contributed by atoms with van der Waals surface area (Å²) in [5.74, 6) is 3.17. The fourth-order valence-electron chi connectivity index (χ4n) is 2.91. The molecule has 0 atom stereocenters. The van der Waals surface area contributed by atoms with Gasteiger partial charge in [-0.2, -0.15) is 0 Å². The smallest absolute Gasteiger partial charge is 0.118 e. The fourth-order valence-corrected chi connectivity index (χ4v) is 2.91. The van der Waals surface area contributed by atoms with E-state index in [0.29, 0.717) is 0 Å². The minimum absolute atomic E-state index is 0.752. The maximum absolute atomic E-state index is 5.91. The number of piperidine rings is 1. The van der Waals surface area contributed by atoms with E-state index in [-0.39, 0.29) is 0 Å². The normalized spacial score (nSPS) is 21.9. The topological polar surface area (TPSA) is 28.4 Å². The average Bonchev–Trinajstić information content (AvgIpc) is 3.17. The standard InChI is InChI=1S/C16H26N2O/c1-2-13-7-9-18(10-8-13)12-16-6-5-15(19-16)11-17-14-3-4-14/h5-6,13-14,17H,2-4,7-12H2,1H3. The summed E-state index contributed by atoms with van der Waals surface area (Å²) in [4.78, 5) is 2.53. The molecule has 3 heteroatoms. The number of hydrogen-bond donors (Lipinski definition) is 1. The van der Waals surface area contributed by atoms with Crippen molar-refractivity contribution in [1.29, 1.82) is 0 Å². The highest BCUT2D eigenvalue weighted by atomic mass is 16.3. The predicted octanol–water partition coefficient (Wildman–Crippen LogP) is 3.15. The Morgan fingerprint density at radius 1 is 1.16 bits per heavy atom. The maximum atomic E-state index is 5.91. The Hall–Kier alpha value is -0.800. The van der Waals surface area contributed by atoms with Gasteiger partial charge in [-0.1, -0.05) is 13.3 Å². The number of nitrogens with one attached hydrogen (secondary N) is 1. The Labute approximate surface area is 116 Å². The molecule has 0 unspecified atom stereocenters. The Balaban J connectivity index is 1.44. The van der Waals surface area contributed by atoms with Gasteiger partial charge < -0.3 is 9.73 Å². The van der Waals surface area contributed by atoms with E-state index in [1.54, 1.807) is 0 Å². The van der Waals surface area contributed by atoms with Crippen LogP contribution in [-0.4, -0.2) is 24.0 Å². The van der Waals surface area contributed by atoms with Crippen molar-refractivity contribution >= 4 is 0 Å². The van der Waals surface area contributed by atoms with Crippen LogP contribution >= 0.6 is 0 Å². The van der Waals surface area contributed by atoms with Gasteiger partial charge in [0.05, 0.1) is 13.1 Å². The zero-order chi connectivity index (χ0) is 13.1. The second-order valence-corrected chi connectivity index (χ2v) is 6.15. The monoisotopic (exact) mass is 262 g/mol. The van der Waals surface area contributed by atoms with Crippen LogP contribution in [0.4, 0.5) is 0 Å². The van der Waals surface area contributed by atoms with Gasteiger partial charge in [0, 0.05) is 6.04 Å². The van der Waals surface area contributed by atoms with E-state index in [1.807, 2.05) is 0 Å². The molecule has 3 rings (SSSR count). The van der Waals surface area contributed by atoms with E-state index in [4.69, 9.17) is 4.42 Å². The van der Waals surface area contributed by atoms with Gasteiger partial charge in [0.15, 0.2) is 0 Å². The molecule has 19 heavy (non-hydrogen) atoms. The van der Waals surface area contributed by atoms with E-state index in [0.717, 1.165) is 36.6 Å². The van der Waals surface area contributed by atoms with Gasteiger partial charge >= 0.3 is 0 Å². The summed E-state index contributed by atoms with van der Waals surface area (Å²) in [5, 5.41) is 3.50. The summed E-state index contributed by atoms with van der Waals surface area (Å²) in [5.41, 5.74) is 0. The van der Waals surface area contributed by atoms with E-state index in [2.05, 4.69) is 29.3 Å². The third-order valence-electron chi connectivity index (χ3n) is 4.52. The largest absolute Gasteiger partial charge is 0.463 e. The first-order chi connectivity index (χ1) is 9.33. The van der Waals surface area contributed by atoms with Gasteiger partial charge in [-0.25, -0.2) is 0 Å². The van der Waals surface area contributed by atoms with Crippen molar-refractivity contribution in [2.45, 2.75) is 58.2 Å². The summed E-state index contributed by atoms with van der Waals surface area (Å²) in [6.45, 7) is 6.65. The van der Waals surface area contributed by atoms with E-state index >= 15 is 0 Å². The lowest BCUT2D eigenvalue weighted by Gasteiger charge is -2.30. The second kappa shape index (κ2) is 6.10. The van der Waals surface area contributed by atoms with Gasteiger partial charge in [-0.15, -0.1) is 0 Å². The molecule has 2 aliphatic rings. The van der Waals surface area contributed by atoms with Crippen LogP contribution in [-0.2, 0) is 13.1 Å². The zero-order valence-electron chi connectivity index (χ0n) is 12.0. The molecule has 2 heterocycles. The molecule has 106 valence electrons. The van der Waals surface area contributed by atoms with E-state index in [9.17, 15) is 0 Å². The minimum Gasteiger partial charge on any atom is -0.463 e. The highest BCUT2D eigenvalue weighted by Crippen LogP contribution is 2.22. The highest BCUT2D eigenvalue weighted by Gasteiger charge is 2.21. The van der Waals surface area contributed by atoms with Crippen LogP contribution < -0.4 is 5.32 Å². The van der Waals surface area contributed by atoms with Crippen molar-refractivity contribution in [3.63, 3.8) is 0 Å². The van der Waals surface area contributed by atoms with Crippen LogP contribution in [0.3, 0.4) is 0 Å². The van der Waals surface area contributed by atoms with Crippen molar-refractivity contribution in [2.75, 3.05) is 13.1 Å². The first-order valence-electron chi connectivity index (χ1n) is 7.87. The summed E-state index contributed by atoms with van der Waals surface area (Å²) < 4.78 is 5.91. The molecule has 1 N–H and O–H groups in total. The van der Waals surface area contributed by atoms with Crippen molar-refractivity contribution in [1.82, 2.24) is 10.2 Å². The first-order valence-corrected chi connectivity index (χ1v) is 7.87. The molecule has 0 aromatic carbocycles. The molecule has 0 bridgehead atoms. The summed E-state index contributed by atoms with van der Waals surface area (Å²) >= 11 is 0. The van der Waals surface area contributed by atoms with E-state index < -0.39 is 0 Å². The summed E-state index contributed by atoms with van der Waals surface area (Å²) in [6.07, 6.45) is 6.71. The SMILES string of the molecule is CCC1CCN(Cc2ccc(CNC3CC3)o2)CC1. The predicted molar refractivity (Wildman–Crippen MR) is 76.9 cm³/mol. The second-order valence-electron chi connectivity index (χ2n) is 6.15. The molecule has 1 aromatic rings. The summed E-state index contributed by atoms with van der Waals surface area (Å²) in [6, 6.07) is 5.03. The van der Waals surface area contributed by atoms with Crippen molar-refractivity contribution in [3.05, 3.63) is 23.7 Å².